The summed E-state index contributed by atoms with van der Waals surface area (Å²) in [7, 11) is 0. The molecule has 0 unspecified atom stereocenters. The number of anilines is 1. The van der Waals surface area contributed by atoms with Crippen LogP contribution in [0, 0.1) is 5.82 Å². The molecule has 3 rings (SSSR count). The average Bonchev–Trinajstić information content (AvgIpc) is 2.73. The largest absolute Gasteiger partial charge is 0.399 e. The van der Waals surface area contributed by atoms with Gasteiger partial charge in [-0.15, -0.1) is 0 Å². The van der Waals surface area contributed by atoms with Crippen molar-refractivity contribution in [1.82, 2.24) is 9.97 Å². The van der Waals surface area contributed by atoms with Crippen molar-refractivity contribution in [3.8, 4) is 0 Å². The van der Waals surface area contributed by atoms with Crippen molar-refractivity contribution in [2.24, 2.45) is 0 Å². The first kappa shape index (κ1) is 10.8. The van der Waals surface area contributed by atoms with Gasteiger partial charge >= 0.3 is 0 Å². The molecule has 0 aliphatic rings. The summed E-state index contributed by atoms with van der Waals surface area (Å²) in [5, 5.41) is 0. The smallest absolute Gasteiger partial charge is 0.123 e. The standard InChI is InChI=1S/C14H12FN3/c15-10-3-1-9(2-4-10)7-14-17-12-6-5-11(16)8-13(12)18-14/h1-6,8H,7,16H2,(H,17,18). The van der Waals surface area contributed by atoms with Gasteiger partial charge in [-0.25, -0.2) is 9.37 Å². The maximum atomic E-state index is 12.8. The number of hydrogen-bond donors (Lipinski definition) is 2. The molecule has 0 bridgehead atoms. The maximum absolute atomic E-state index is 12.8. The second-order valence-corrected chi connectivity index (χ2v) is 4.26. The quantitative estimate of drug-likeness (QED) is 0.678. The fraction of sp³-hybridized carbons (Fsp3) is 0.0714. The minimum atomic E-state index is -0.226. The number of benzene rings is 2. The van der Waals surface area contributed by atoms with Gasteiger partial charge < -0.3 is 10.7 Å². The Bertz CT molecular complexity index is 686. The van der Waals surface area contributed by atoms with Gasteiger partial charge in [-0.05, 0) is 35.9 Å². The lowest BCUT2D eigenvalue weighted by Gasteiger charge is -1.97. The molecule has 90 valence electrons. The molecule has 3 nitrogen and oxygen atoms in total. The molecule has 0 amide bonds. The van der Waals surface area contributed by atoms with Crippen LogP contribution in [0.5, 0.6) is 0 Å². The number of H-pyrrole nitrogens is 1. The van der Waals surface area contributed by atoms with Gasteiger partial charge in [-0.2, -0.15) is 0 Å². The molecule has 2 aromatic carbocycles. The number of fused-ring (bicyclic) bond motifs is 1. The number of rotatable bonds is 2. The van der Waals surface area contributed by atoms with E-state index >= 15 is 0 Å². The van der Waals surface area contributed by atoms with E-state index in [2.05, 4.69) is 9.97 Å². The fourth-order valence-electron chi connectivity index (χ4n) is 1.96. The third-order valence-electron chi connectivity index (χ3n) is 2.84. The van der Waals surface area contributed by atoms with Gasteiger partial charge in [0, 0.05) is 12.1 Å². The van der Waals surface area contributed by atoms with Crippen molar-refractivity contribution < 1.29 is 4.39 Å². The van der Waals surface area contributed by atoms with Crippen LogP contribution in [0.2, 0.25) is 0 Å². The summed E-state index contributed by atoms with van der Waals surface area (Å²) >= 11 is 0. The van der Waals surface area contributed by atoms with Gasteiger partial charge in [0.1, 0.15) is 11.6 Å². The van der Waals surface area contributed by atoms with E-state index in [4.69, 9.17) is 5.73 Å². The first-order valence-electron chi connectivity index (χ1n) is 5.69. The number of hydrogen-bond acceptors (Lipinski definition) is 2. The molecule has 0 atom stereocenters. The number of nitrogen functional groups attached to an aromatic ring is 1. The molecule has 1 aromatic heterocycles. The molecule has 0 spiro atoms. The monoisotopic (exact) mass is 241 g/mol. The minimum absolute atomic E-state index is 0.226. The SMILES string of the molecule is Nc1ccc2nc(Cc3ccc(F)cc3)[nH]c2c1. The van der Waals surface area contributed by atoms with Gasteiger partial charge in [0.05, 0.1) is 11.0 Å². The zero-order chi connectivity index (χ0) is 12.5. The van der Waals surface area contributed by atoms with Crippen LogP contribution in [0.1, 0.15) is 11.4 Å². The highest BCUT2D eigenvalue weighted by atomic mass is 19.1. The highest BCUT2D eigenvalue weighted by molar-refractivity contribution is 5.78. The molecule has 3 N–H and O–H groups in total. The van der Waals surface area contributed by atoms with Crippen LogP contribution < -0.4 is 5.73 Å². The highest BCUT2D eigenvalue weighted by Gasteiger charge is 2.04. The summed E-state index contributed by atoms with van der Waals surface area (Å²) in [4.78, 5) is 7.68. The van der Waals surface area contributed by atoms with Crippen molar-refractivity contribution in [1.29, 1.82) is 0 Å². The number of halogens is 1. The number of aromatic nitrogens is 2. The van der Waals surface area contributed by atoms with Gasteiger partial charge in [0.25, 0.3) is 0 Å². The maximum Gasteiger partial charge on any atom is 0.123 e. The van der Waals surface area contributed by atoms with Gasteiger partial charge in [-0.3, -0.25) is 0 Å². The summed E-state index contributed by atoms with van der Waals surface area (Å²) in [6, 6.07) is 12.0. The molecule has 0 aliphatic heterocycles. The van der Waals surface area contributed by atoms with Crippen molar-refractivity contribution in [2.75, 3.05) is 5.73 Å². The molecule has 0 saturated heterocycles. The van der Waals surface area contributed by atoms with E-state index in [1.807, 2.05) is 18.2 Å². The molecule has 0 radical (unpaired) electrons. The van der Waals surface area contributed by atoms with Crippen LogP contribution in [0.15, 0.2) is 42.5 Å². The topological polar surface area (TPSA) is 54.7 Å². The lowest BCUT2D eigenvalue weighted by atomic mass is 10.1. The van der Waals surface area contributed by atoms with Crippen molar-refractivity contribution in [2.45, 2.75) is 6.42 Å². The zero-order valence-corrected chi connectivity index (χ0v) is 9.65. The molecule has 18 heavy (non-hydrogen) atoms. The van der Waals surface area contributed by atoms with E-state index < -0.39 is 0 Å². The van der Waals surface area contributed by atoms with E-state index in [1.54, 1.807) is 12.1 Å². The third kappa shape index (κ3) is 2.05. The number of nitrogens with zero attached hydrogens (tertiary/aromatic N) is 1. The molecule has 3 aromatic rings. The normalized spacial score (nSPS) is 10.9. The molecule has 1 heterocycles. The van der Waals surface area contributed by atoms with E-state index in [0.717, 1.165) is 22.4 Å². The van der Waals surface area contributed by atoms with E-state index in [0.29, 0.717) is 12.1 Å². The average molecular weight is 241 g/mol. The second kappa shape index (κ2) is 4.14. The first-order chi connectivity index (χ1) is 8.70. The van der Waals surface area contributed by atoms with Crippen LogP contribution in [0.4, 0.5) is 10.1 Å². The van der Waals surface area contributed by atoms with Crippen LogP contribution >= 0.6 is 0 Å². The minimum Gasteiger partial charge on any atom is -0.399 e. The third-order valence-corrected chi connectivity index (χ3v) is 2.84. The summed E-state index contributed by atoms with van der Waals surface area (Å²) in [5.41, 5.74) is 9.25. The molecule has 0 fully saturated rings. The number of imidazole rings is 1. The Hall–Kier alpha value is -2.36. The van der Waals surface area contributed by atoms with Gasteiger partial charge in [-0.1, -0.05) is 12.1 Å². The Morgan fingerprint density at radius 1 is 1.11 bits per heavy atom. The number of aromatic amines is 1. The highest BCUT2D eigenvalue weighted by Crippen LogP contribution is 2.16. The Morgan fingerprint density at radius 2 is 1.89 bits per heavy atom. The summed E-state index contributed by atoms with van der Waals surface area (Å²) in [5.74, 6) is 0.623. The van der Waals surface area contributed by atoms with Crippen LogP contribution in [-0.4, -0.2) is 9.97 Å². The Kier molecular flexibility index (Phi) is 2.48. The predicted molar refractivity (Wildman–Crippen MR) is 69.7 cm³/mol. The summed E-state index contributed by atoms with van der Waals surface area (Å²) in [6.45, 7) is 0. The first-order valence-corrected chi connectivity index (χ1v) is 5.69. The van der Waals surface area contributed by atoms with Crippen LogP contribution in [0.25, 0.3) is 11.0 Å². The molecule has 0 saturated carbocycles. The van der Waals surface area contributed by atoms with E-state index in [1.165, 1.54) is 12.1 Å². The lowest BCUT2D eigenvalue weighted by molar-refractivity contribution is 0.627. The summed E-state index contributed by atoms with van der Waals surface area (Å²) < 4.78 is 12.8. The lowest BCUT2D eigenvalue weighted by Crippen LogP contribution is -1.90. The molecular formula is C14H12FN3. The second-order valence-electron chi connectivity index (χ2n) is 4.26. The Morgan fingerprint density at radius 3 is 2.67 bits per heavy atom. The zero-order valence-electron chi connectivity index (χ0n) is 9.65. The van der Waals surface area contributed by atoms with Crippen molar-refractivity contribution in [3.05, 3.63) is 59.7 Å². The van der Waals surface area contributed by atoms with Crippen molar-refractivity contribution >= 4 is 16.7 Å². The van der Waals surface area contributed by atoms with Gasteiger partial charge in [0.2, 0.25) is 0 Å². The predicted octanol–water partition coefficient (Wildman–Crippen LogP) is 2.88. The number of nitrogens with two attached hydrogens (primary N) is 1. The molecule has 0 aliphatic carbocycles. The van der Waals surface area contributed by atoms with Crippen LogP contribution in [0.3, 0.4) is 0 Å². The summed E-state index contributed by atoms with van der Waals surface area (Å²) in [6.07, 6.45) is 0.648. The Labute approximate surface area is 103 Å². The van der Waals surface area contributed by atoms with E-state index in [-0.39, 0.29) is 5.82 Å². The number of nitrogens with one attached hydrogen (secondary N) is 1. The molecular weight excluding hydrogens is 229 g/mol. The van der Waals surface area contributed by atoms with Crippen molar-refractivity contribution in [3.63, 3.8) is 0 Å². The van der Waals surface area contributed by atoms with Gasteiger partial charge in [0.15, 0.2) is 0 Å². The fourth-order valence-corrected chi connectivity index (χ4v) is 1.96. The van der Waals surface area contributed by atoms with E-state index in [9.17, 15) is 4.39 Å². The molecule has 4 heteroatoms. The Balaban J connectivity index is 1.92. The van der Waals surface area contributed by atoms with Crippen LogP contribution in [-0.2, 0) is 6.42 Å².